The summed E-state index contributed by atoms with van der Waals surface area (Å²) in [6, 6.07) is 5.91. The molecule has 0 unspecified atom stereocenters. The highest BCUT2D eigenvalue weighted by molar-refractivity contribution is 6.13. The molecule has 2 aromatic rings. The summed E-state index contributed by atoms with van der Waals surface area (Å²) >= 11 is 0. The van der Waals surface area contributed by atoms with E-state index in [4.69, 9.17) is 13.9 Å². The van der Waals surface area contributed by atoms with Crippen LogP contribution in [0.2, 0.25) is 0 Å². The highest BCUT2D eigenvalue weighted by atomic mass is 16.5. The van der Waals surface area contributed by atoms with E-state index in [9.17, 15) is 14.4 Å². The van der Waals surface area contributed by atoms with Crippen LogP contribution in [0.1, 0.15) is 34.4 Å². The van der Waals surface area contributed by atoms with E-state index in [-0.39, 0.29) is 23.8 Å². The molecule has 1 aliphatic heterocycles. The molecule has 1 aromatic carbocycles. The SMILES string of the molecule is C=CCc1cc(/C=C2\NC(=O)N(Cc3ccc(C(=O)OC)o3)C2=O)cc(OCC)c1OC. The van der Waals surface area contributed by atoms with Crippen molar-refractivity contribution in [2.45, 2.75) is 19.9 Å². The van der Waals surface area contributed by atoms with Crippen molar-refractivity contribution in [1.82, 2.24) is 10.2 Å². The predicted octanol–water partition coefficient (Wildman–Crippen LogP) is 3.29. The van der Waals surface area contributed by atoms with E-state index in [0.29, 0.717) is 30.1 Å². The molecule has 168 valence electrons. The lowest BCUT2D eigenvalue weighted by atomic mass is 10.0. The minimum atomic E-state index is -0.644. The number of ether oxygens (including phenoxy) is 3. The fourth-order valence-corrected chi connectivity index (χ4v) is 3.28. The first-order valence-electron chi connectivity index (χ1n) is 9.88. The summed E-state index contributed by atoms with van der Waals surface area (Å²) in [7, 11) is 2.79. The Hall–Kier alpha value is -4.01. The van der Waals surface area contributed by atoms with E-state index in [1.54, 1.807) is 25.3 Å². The summed E-state index contributed by atoms with van der Waals surface area (Å²) in [4.78, 5) is 37.7. The Morgan fingerprint density at radius 3 is 2.69 bits per heavy atom. The van der Waals surface area contributed by atoms with Gasteiger partial charge in [-0.1, -0.05) is 6.08 Å². The van der Waals surface area contributed by atoms with Crippen LogP contribution in [-0.2, 0) is 22.5 Å². The van der Waals surface area contributed by atoms with E-state index in [0.717, 1.165) is 10.5 Å². The van der Waals surface area contributed by atoms with Gasteiger partial charge in [0.25, 0.3) is 5.91 Å². The summed E-state index contributed by atoms with van der Waals surface area (Å²) in [6.07, 6.45) is 3.84. The van der Waals surface area contributed by atoms with Crippen molar-refractivity contribution in [3.8, 4) is 11.5 Å². The Kier molecular flexibility index (Phi) is 6.99. The average molecular weight is 440 g/mol. The van der Waals surface area contributed by atoms with Gasteiger partial charge >= 0.3 is 12.0 Å². The molecule has 32 heavy (non-hydrogen) atoms. The number of amides is 3. The summed E-state index contributed by atoms with van der Waals surface area (Å²) < 4.78 is 21.1. The summed E-state index contributed by atoms with van der Waals surface area (Å²) in [5, 5.41) is 2.57. The molecule has 0 radical (unpaired) electrons. The summed E-state index contributed by atoms with van der Waals surface area (Å²) in [5.74, 6) is 0.213. The van der Waals surface area contributed by atoms with Gasteiger partial charge < -0.3 is 23.9 Å². The standard InChI is InChI=1S/C23H24N2O7/c1-5-7-15-10-14(12-19(31-6-2)20(15)29-3)11-17-21(26)25(23(28)24-17)13-16-8-9-18(32-16)22(27)30-4/h5,8-12H,1,6-7,13H2,2-4H3,(H,24,28)/b17-11-. The molecule has 3 amide bonds. The number of benzene rings is 1. The maximum atomic E-state index is 12.8. The minimum absolute atomic E-state index is 0.0123. The van der Waals surface area contributed by atoms with Crippen molar-refractivity contribution in [2.75, 3.05) is 20.8 Å². The van der Waals surface area contributed by atoms with E-state index in [1.165, 1.54) is 19.2 Å². The highest BCUT2D eigenvalue weighted by Crippen LogP contribution is 2.34. The van der Waals surface area contributed by atoms with Crippen molar-refractivity contribution < 1.29 is 33.0 Å². The molecule has 2 heterocycles. The summed E-state index contributed by atoms with van der Waals surface area (Å²) in [5.41, 5.74) is 1.59. The average Bonchev–Trinajstić information content (AvgIpc) is 3.34. The van der Waals surface area contributed by atoms with Gasteiger partial charge in [0.2, 0.25) is 5.76 Å². The molecule has 1 saturated heterocycles. The third-order valence-corrected chi connectivity index (χ3v) is 4.66. The van der Waals surface area contributed by atoms with Crippen LogP contribution in [0.25, 0.3) is 6.08 Å². The zero-order valence-corrected chi connectivity index (χ0v) is 18.1. The quantitative estimate of drug-likeness (QED) is 0.276. The predicted molar refractivity (Wildman–Crippen MR) is 115 cm³/mol. The van der Waals surface area contributed by atoms with Crippen molar-refractivity contribution in [3.05, 3.63) is 65.3 Å². The number of esters is 1. The number of furan rings is 1. The molecule has 0 atom stereocenters. The third kappa shape index (κ3) is 4.66. The number of nitrogens with one attached hydrogen (secondary N) is 1. The Morgan fingerprint density at radius 1 is 1.25 bits per heavy atom. The Labute approximate surface area is 185 Å². The molecular formula is C23H24N2O7. The van der Waals surface area contributed by atoms with Gasteiger partial charge in [-0.15, -0.1) is 6.58 Å². The number of imide groups is 1. The van der Waals surface area contributed by atoms with E-state index < -0.39 is 17.9 Å². The van der Waals surface area contributed by atoms with Crippen LogP contribution in [-0.4, -0.2) is 43.6 Å². The van der Waals surface area contributed by atoms with E-state index in [2.05, 4.69) is 16.6 Å². The number of hydrogen-bond acceptors (Lipinski definition) is 7. The Morgan fingerprint density at radius 2 is 2.03 bits per heavy atom. The first-order valence-corrected chi connectivity index (χ1v) is 9.88. The first-order chi connectivity index (χ1) is 15.4. The van der Waals surface area contributed by atoms with Crippen LogP contribution in [0.3, 0.4) is 0 Å². The van der Waals surface area contributed by atoms with Crippen molar-refractivity contribution in [3.63, 3.8) is 0 Å². The second-order valence-electron chi connectivity index (χ2n) is 6.77. The molecule has 9 nitrogen and oxygen atoms in total. The molecule has 1 N–H and O–H groups in total. The number of allylic oxidation sites excluding steroid dienone is 1. The van der Waals surface area contributed by atoms with Gasteiger partial charge in [0.05, 0.1) is 27.4 Å². The zero-order valence-electron chi connectivity index (χ0n) is 18.1. The molecule has 9 heteroatoms. The molecule has 1 fully saturated rings. The zero-order chi connectivity index (χ0) is 23.3. The molecule has 0 bridgehead atoms. The van der Waals surface area contributed by atoms with Gasteiger partial charge in [0.1, 0.15) is 11.5 Å². The number of methoxy groups -OCH3 is 2. The largest absolute Gasteiger partial charge is 0.493 e. The smallest absolute Gasteiger partial charge is 0.373 e. The van der Waals surface area contributed by atoms with Gasteiger partial charge in [-0.3, -0.25) is 9.69 Å². The maximum Gasteiger partial charge on any atom is 0.373 e. The van der Waals surface area contributed by atoms with Crippen molar-refractivity contribution >= 4 is 24.0 Å². The lowest BCUT2D eigenvalue weighted by Crippen LogP contribution is -2.30. The van der Waals surface area contributed by atoms with Crippen molar-refractivity contribution in [1.29, 1.82) is 0 Å². The van der Waals surface area contributed by atoms with Crippen LogP contribution in [0.15, 0.2) is 47.0 Å². The van der Waals surface area contributed by atoms with Crippen LogP contribution in [0.5, 0.6) is 11.5 Å². The highest BCUT2D eigenvalue weighted by Gasteiger charge is 2.34. The molecule has 0 spiro atoms. The number of hydrogen-bond donors (Lipinski definition) is 1. The fourth-order valence-electron chi connectivity index (χ4n) is 3.28. The number of nitrogens with zero attached hydrogens (tertiary/aromatic N) is 1. The van der Waals surface area contributed by atoms with Gasteiger partial charge in [0, 0.05) is 5.56 Å². The first kappa shape index (κ1) is 22.7. The number of carbonyl (C=O) groups is 3. The molecule has 0 aliphatic carbocycles. The number of urea groups is 1. The van der Waals surface area contributed by atoms with Gasteiger partial charge in [-0.25, -0.2) is 9.59 Å². The summed E-state index contributed by atoms with van der Waals surface area (Å²) in [6.45, 7) is 5.92. The molecule has 1 aromatic heterocycles. The van der Waals surface area contributed by atoms with Gasteiger partial charge in [0.15, 0.2) is 11.5 Å². The molecule has 1 aliphatic rings. The van der Waals surface area contributed by atoms with Crippen LogP contribution in [0.4, 0.5) is 4.79 Å². The Bertz CT molecular complexity index is 1080. The molecular weight excluding hydrogens is 416 g/mol. The minimum Gasteiger partial charge on any atom is -0.493 e. The molecule has 3 rings (SSSR count). The fraction of sp³-hybridized carbons (Fsp3) is 0.261. The Balaban J connectivity index is 1.87. The normalized spacial score (nSPS) is 14.5. The molecule has 0 saturated carbocycles. The maximum absolute atomic E-state index is 12.8. The van der Waals surface area contributed by atoms with Gasteiger partial charge in [-0.2, -0.15) is 0 Å². The monoisotopic (exact) mass is 440 g/mol. The van der Waals surface area contributed by atoms with Gasteiger partial charge in [-0.05, 0) is 49.2 Å². The topological polar surface area (TPSA) is 107 Å². The lowest BCUT2D eigenvalue weighted by Gasteiger charge is -2.14. The van der Waals surface area contributed by atoms with Crippen LogP contribution < -0.4 is 14.8 Å². The van der Waals surface area contributed by atoms with Crippen molar-refractivity contribution in [2.24, 2.45) is 0 Å². The van der Waals surface area contributed by atoms with Crippen LogP contribution >= 0.6 is 0 Å². The number of rotatable bonds is 9. The van der Waals surface area contributed by atoms with Crippen LogP contribution in [0, 0.1) is 0 Å². The third-order valence-electron chi connectivity index (χ3n) is 4.66. The van der Waals surface area contributed by atoms with E-state index in [1.807, 2.05) is 13.0 Å². The van der Waals surface area contributed by atoms with E-state index >= 15 is 0 Å². The number of carbonyl (C=O) groups excluding carboxylic acids is 3. The second-order valence-corrected chi connectivity index (χ2v) is 6.77. The lowest BCUT2D eigenvalue weighted by molar-refractivity contribution is -0.123. The second kappa shape index (κ2) is 9.86.